The molecule has 0 aliphatic rings. The molecule has 2 aromatic carbocycles. The number of aromatic carboxylic acids is 1. The van der Waals surface area contributed by atoms with Crippen molar-refractivity contribution in [3.05, 3.63) is 86.8 Å². The predicted molar refractivity (Wildman–Crippen MR) is 133 cm³/mol. The molecule has 184 valence electrons. The molecular formula is C25H22N4O6S. The second kappa shape index (κ2) is 10.5. The van der Waals surface area contributed by atoms with Gasteiger partial charge in [0.1, 0.15) is 11.4 Å². The van der Waals surface area contributed by atoms with E-state index in [2.05, 4.69) is 10.1 Å². The van der Waals surface area contributed by atoms with Gasteiger partial charge in [0.15, 0.2) is 10.8 Å². The Balaban J connectivity index is 1.75. The number of amides is 1. The molecule has 0 aliphatic heterocycles. The number of carbonyl (C=O) groups is 3. The van der Waals surface area contributed by atoms with Crippen molar-refractivity contribution < 1.29 is 24.2 Å². The third kappa shape index (κ3) is 5.01. The topological polar surface area (TPSA) is 132 Å². The van der Waals surface area contributed by atoms with E-state index in [1.54, 1.807) is 26.0 Å². The maximum atomic E-state index is 13.5. The molecule has 0 spiro atoms. The third-order valence-corrected chi connectivity index (χ3v) is 6.48. The highest BCUT2D eigenvalue weighted by atomic mass is 32.1. The molecule has 0 fully saturated rings. The molecule has 4 rings (SSSR count). The number of carbonyl (C=O) groups excluding carboxylic acids is 2. The van der Waals surface area contributed by atoms with E-state index in [9.17, 15) is 24.3 Å². The van der Waals surface area contributed by atoms with Gasteiger partial charge in [-0.25, -0.2) is 19.3 Å². The summed E-state index contributed by atoms with van der Waals surface area (Å²) in [7, 11) is 0. The van der Waals surface area contributed by atoms with E-state index in [-0.39, 0.29) is 39.6 Å². The van der Waals surface area contributed by atoms with Crippen LogP contribution in [0.1, 0.15) is 38.3 Å². The van der Waals surface area contributed by atoms with Gasteiger partial charge in [-0.2, -0.15) is 5.10 Å². The van der Waals surface area contributed by atoms with Gasteiger partial charge >= 0.3 is 11.9 Å². The highest BCUT2D eigenvalue weighted by Crippen LogP contribution is 2.28. The fourth-order valence-corrected chi connectivity index (χ4v) is 4.60. The van der Waals surface area contributed by atoms with Crippen LogP contribution in [0.2, 0.25) is 0 Å². The number of carboxylic acid groups (broad SMARTS) is 1. The summed E-state index contributed by atoms with van der Waals surface area (Å²) in [5.41, 5.74) is 0.281. The first kappa shape index (κ1) is 24.7. The summed E-state index contributed by atoms with van der Waals surface area (Å²) < 4.78 is 5.93. The maximum Gasteiger partial charge on any atom is 0.357 e. The standard InChI is InChI=1S/C25H22N4O6S/c1-3-35-24(34)21-15(2)26-25(36-21)28(13-16-9-5-4-6-10-16)19(30)14-29-22(31)18-12-8-7-11-17(18)20(27-29)23(32)33/h4-12H,3,13-14H2,1-2H3,(H,32,33). The number of rotatable bonds is 8. The molecule has 0 saturated carbocycles. The molecule has 10 nitrogen and oxygen atoms in total. The molecule has 11 heteroatoms. The first-order valence-corrected chi connectivity index (χ1v) is 11.8. The largest absolute Gasteiger partial charge is 0.476 e. The second-order valence-electron chi connectivity index (χ2n) is 7.76. The molecule has 0 atom stereocenters. The SMILES string of the molecule is CCOC(=O)c1sc(N(Cc2ccccc2)C(=O)Cn2nc(C(=O)O)c3ccccc3c2=O)nc1C. The summed E-state index contributed by atoms with van der Waals surface area (Å²) >= 11 is 1.01. The van der Waals surface area contributed by atoms with E-state index in [1.165, 1.54) is 17.0 Å². The van der Waals surface area contributed by atoms with Gasteiger partial charge in [-0.3, -0.25) is 14.5 Å². The van der Waals surface area contributed by atoms with E-state index in [0.717, 1.165) is 21.6 Å². The highest BCUT2D eigenvalue weighted by Gasteiger charge is 2.26. The zero-order valence-electron chi connectivity index (χ0n) is 19.5. The van der Waals surface area contributed by atoms with Gasteiger partial charge in [0.25, 0.3) is 11.5 Å². The lowest BCUT2D eigenvalue weighted by molar-refractivity contribution is -0.119. The normalized spacial score (nSPS) is 10.8. The summed E-state index contributed by atoms with van der Waals surface area (Å²) in [4.78, 5) is 56.7. The number of aryl methyl sites for hydroxylation is 1. The summed E-state index contributed by atoms with van der Waals surface area (Å²) in [5, 5.41) is 14.2. The zero-order valence-corrected chi connectivity index (χ0v) is 20.3. The van der Waals surface area contributed by atoms with Crippen LogP contribution in [0.15, 0.2) is 59.4 Å². The lowest BCUT2D eigenvalue weighted by atomic mass is 10.1. The first-order chi connectivity index (χ1) is 17.3. The summed E-state index contributed by atoms with van der Waals surface area (Å²) in [5.74, 6) is -2.41. The van der Waals surface area contributed by atoms with Crippen molar-refractivity contribution in [1.29, 1.82) is 0 Å². The fourth-order valence-electron chi connectivity index (χ4n) is 3.63. The maximum absolute atomic E-state index is 13.5. The number of carboxylic acids is 1. The Kier molecular flexibility index (Phi) is 7.20. The number of benzene rings is 2. The van der Waals surface area contributed by atoms with Gasteiger partial charge in [0.05, 0.1) is 24.2 Å². The van der Waals surface area contributed by atoms with Gasteiger partial charge in [0, 0.05) is 5.39 Å². The molecule has 36 heavy (non-hydrogen) atoms. The van der Waals surface area contributed by atoms with Crippen molar-refractivity contribution in [1.82, 2.24) is 14.8 Å². The van der Waals surface area contributed by atoms with Crippen molar-refractivity contribution in [2.24, 2.45) is 0 Å². The van der Waals surface area contributed by atoms with Gasteiger partial charge in [0.2, 0.25) is 0 Å². The predicted octanol–water partition coefficient (Wildman–Crippen LogP) is 3.27. The van der Waals surface area contributed by atoms with Crippen molar-refractivity contribution >= 4 is 45.1 Å². The van der Waals surface area contributed by atoms with Crippen molar-refractivity contribution in [2.45, 2.75) is 26.9 Å². The number of thiazole rings is 1. The molecule has 0 radical (unpaired) electrons. The van der Waals surface area contributed by atoms with Crippen LogP contribution in [0.5, 0.6) is 0 Å². The molecule has 0 aliphatic carbocycles. The van der Waals surface area contributed by atoms with Gasteiger partial charge in [-0.1, -0.05) is 59.9 Å². The molecule has 2 heterocycles. The minimum absolute atomic E-state index is 0.114. The number of ether oxygens (including phenoxy) is 1. The Morgan fingerprint density at radius 1 is 1.06 bits per heavy atom. The van der Waals surface area contributed by atoms with E-state index in [0.29, 0.717) is 5.69 Å². The molecule has 1 amide bonds. The van der Waals surface area contributed by atoms with Crippen LogP contribution in [0.4, 0.5) is 5.13 Å². The molecule has 4 aromatic rings. The zero-order chi connectivity index (χ0) is 25.8. The molecule has 2 aromatic heterocycles. The number of esters is 1. The lowest BCUT2D eigenvalue weighted by Gasteiger charge is -2.20. The number of fused-ring (bicyclic) bond motifs is 1. The molecule has 0 unspecified atom stereocenters. The summed E-state index contributed by atoms with van der Waals surface area (Å²) in [6, 6.07) is 15.4. The monoisotopic (exact) mass is 506 g/mol. The summed E-state index contributed by atoms with van der Waals surface area (Å²) in [6.45, 7) is 3.12. The molecule has 0 bridgehead atoms. The van der Waals surface area contributed by atoms with Crippen LogP contribution in [-0.2, 0) is 22.6 Å². The quantitative estimate of drug-likeness (QED) is 0.360. The Morgan fingerprint density at radius 2 is 1.72 bits per heavy atom. The van der Waals surface area contributed by atoms with Crippen LogP contribution in [0, 0.1) is 6.92 Å². The van der Waals surface area contributed by atoms with E-state index < -0.39 is 29.9 Å². The van der Waals surface area contributed by atoms with Gasteiger partial charge in [-0.05, 0) is 25.5 Å². The van der Waals surface area contributed by atoms with E-state index >= 15 is 0 Å². The third-order valence-electron chi connectivity index (χ3n) is 5.32. The number of aromatic nitrogens is 3. The highest BCUT2D eigenvalue weighted by molar-refractivity contribution is 7.17. The number of nitrogens with zero attached hydrogens (tertiary/aromatic N) is 4. The fraction of sp³-hybridized carbons (Fsp3) is 0.200. The minimum atomic E-state index is -1.32. The van der Waals surface area contributed by atoms with Crippen molar-refractivity contribution in [2.75, 3.05) is 11.5 Å². The van der Waals surface area contributed by atoms with Crippen LogP contribution in [0.3, 0.4) is 0 Å². The van der Waals surface area contributed by atoms with Crippen LogP contribution in [-0.4, -0.2) is 44.3 Å². The second-order valence-corrected chi connectivity index (χ2v) is 8.74. The molecule has 1 N–H and O–H groups in total. The Hall–Kier alpha value is -4.38. The number of anilines is 1. The number of hydrogen-bond donors (Lipinski definition) is 1. The van der Waals surface area contributed by atoms with Gasteiger partial charge in [-0.15, -0.1) is 0 Å². The minimum Gasteiger partial charge on any atom is -0.476 e. The Labute approximate surface area is 209 Å². The first-order valence-electron chi connectivity index (χ1n) is 11.0. The smallest absolute Gasteiger partial charge is 0.357 e. The van der Waals surface area contributed by atoms with Crippen molar-refractivity contribution in [3.63, 3.8) is 0 Å². The van der Waals surface area contributed by atoms with Crippen molar-refractivity contribution in [3.8, 4) is 0 Å². The average Bonchev–Trinajstić information content (AvgIpc) is 3.26. The van der Waals surface area contributed by atoms with E-state index in [4.69, 9.17) is 4.74 Å². The van der Waals surface area contributed by atoms with Crippen LogP contribution >= 0.6 is 11.3 Å². The molecular weight excluding hydrogens is 484 g/mol. The molecule has 0 saturated heterocycles. The Morgan fingerprint density at radius 3 is 2.39 bits per heavy atom. The van der Waals surface area contributed by atoms with Gasteiger partial charge < -0.3 is 9.84 Å². The van der Waals surface area contributed by atoms with Crippen LogP contribution in [0.25, 0.3) is 10.8 Å². The van der Waals surface area contributed by atoms with Crippen LogP contribution < -0.4 is 10.5 Å². The lowest BCUT2D eigenvalue weighted by Crippen LogP contribution is -2.37. The average molecular weight is 507 g/mol. The summed E-state index contributed by atoms with van der Waals surface area (Å²) in [6.07, 6.45) is 0. The number of hydrogen-bond acceptors (Lipinski definition) is 8. The Bertz CT molecular complexity index is 1510. The van der Waals surface area contributed by atoms with E-state index in [1.807, 2.05) is 30.3 Å².